The number of ether oxygens (including phenoxy) is 1. The molecular weight excluding hydrogens is 168 g/mol. The van der Waals surface area contributed by atoms with E-state index in [-0.39, 0.29) is 11.7 Å². The van der Waals surface area contributed by atoms with Crippen molar-refractivity contribution in [3.63, 3.8) is 0 Å². The Morgan fingerprint density at radius 2 is 2.15 bits per heavy atom. The molecule has 1 aliphatic rings. The lowest BCUT2D eigenvalue weighted by atomic mass is 10.0. The van der Waals surface area contributed by atoms with Crippen molar-refractivity contribution in [1.29, 1.82) is 0 Å². The van der Waals surface area contributed by atoms with Crippen molar-refractivity contribution >= 4 is 5.97 Å². The van der Waals surface area contributed by atoms with Crippen LogP contribution in [-0.4, -0.2) is 11.1 Å². The van der Waals surface area contributed by atoms with Crippen LogP contribution in [0.15, 0.2) is 12.1 Å². The molecule has 0 atom stereocenters. The van der Waals surface area contributed by atoms with Crippen LogP contribution >= 0.6 is 0 Å². The highest BCUT2D eigenvalue weighted by atomic mass is 16.5. The Hall–Kier alpha value is -1.51. The first-order valence-corrected chi connectivity index (χ1v) is 4.20. The molecule has 1 N–H and O–H groups in total. The number of phenolic OH excluding ortho intramolecular Hbond substituents is 1. The molecule has 0 saturated carbocycles. The molecule has 1 aromatic rings. The minimum Gasteiger partial charge on any atom is -0.508 e. The average Bonchev–Trinajstić information content (AvgIpc) is 2.02. The van der Waals surface area contributed by atoms with E-state index < -0.39 is 0 Å². The predicted octanol–water partition coefficient (Wildman–Crippen LogP) is 1.55. The molecule has 0 fully saturated rings. The van der Waals surface area contributed by atoms with E-state index in [0.29, 0.717) is 18.6 Å². The van der Waals surface area contributed by atoms with E-state index in [1.165, 1.54) is 0 Å². The van der Waals surface area contributed by atoms with Gasteiger partial charge in [0.05, 0.1) is 6.42 Å². The fourth-order valence-electron chi connectivity index (χ4n) is 1.51. The molecule has 0 saturated heterocycles. The molecular formula is C10H10O3. The summed E-state index contributed by atoms with van der Waals surface area (Å²) in [5, 5.41) is 9.53. The number of aromatic hydroxyl groups is 1. The molecule has 0 radical (unpaired) electrons. The SMILES string of the molecule is Cc1cc(O)c2c(c1)OC(=O)CC2. The summed E-state index contributed by atoms with van der Waals surface area (Å²) >= 11 is 0. The Kier molecular flexibility index (Phi) is 1.72. The van der Waals surface area contributed by atoms with E-state index >= 15 is 0 Å². The number of phenols is 1. The van der Waals surface area contributed by atoms with Gasteiger partial charge in [-0.2, -0.15) is 0 Å². The van der Waals surface area contributed by atoms with Gasteiger partial charge in [-0.1, -0.05) is 0 Å². The topological polar surface area (TPSA) is 46.5 Å². The lowest BCUT2D eigenvalue weighted by Crippen LogP contribution is -2.15. The van der Waals surface area contributed by atoms with Gasteiger partial charge in [0.25, 0.3) is 0 Å². The number of carbonyl (C=O) groups excluding carboxylic acids is 1. The highest BCUT2D eigenvalue weighted by Crippen LogP contribution is 2.33. The molecule has 0 bridgehead atoms. The lowest BCUT2D eigenvalue weighted by Gasteiger charge is -2.16. The zero-order chi connectivity index (χ0) is 9.42. The van der Waals surface area contributed by atoms with Crippen molar-refractivity contribution in [2.45, 2.75) is 19.8 Å². The second-order valence-corrected chi connectivity index (χ2v) is 3.23. The third kappa shape index (κ3) is 1.37. The Balaban J connectivity index is 2.53. The van der Waals surface area contributed by atoms with Crippen LogP contribution in [0.2, 0.25) is 0 Å². The number of hydrogen-bond acceptors (Lipinski definition) is 3. The highest BCUT2D eigenvalue weighted by Gasteiger charge is 2.19. The van der Waals surface area contributed by atoms with Crippen molar-refractivity contribution in [3.8, 4) is 11.5 Å². The van der Waals surface area contributed by atoms with Crippen LogP contribution in [0.3, 0.4) is 0 Å². The number of aryl methyl sites for hydroxylation is 1. The van der Waals surface area contributed by atoms with Crippen LogP contribution in [0.1, 0.15) is 17.5 Å². The smallest absolute Gasteiger partial charge is 0.311 e. The quantitative estimate of drug-likeness (QED) is 0.484. The first kappa shape index (κ1) is 8.10. The minimum absolute atomic E-state index is 0.225. The first-order valence-electron chi connectivity index (χ1n) is 4.20. The second-order valence-electron chi connectivity index (χ2n) is 3.23. The average molecular weight is 178 g/mol. The maximum Gasteiger partial charge on any atom is 0.311 e. The van der Waals surface area contributed by atoms with Gasteiger partial charge in [-0.3, -0.25) is 4.79 Å². The molecule has 0 amide bonds. The lowest BCUT2D eigenvalue weighted by molar-refractivity contribution is -0.135. The summed E-state index contributed by atoms with van der Waals surface area (Å²) in [5.41, 5.74) is 1.64. The van der Waals surface area contributed by atoms with Gasteiger partial charge >= 0.3 is 5.97 Å². The third-order valence-corrected chi connectivity index (χ3v) is 2.13. The Morgan fingerprint density at radius 1 is 1.38 bits per heavy atom. The Morgan fingerprint density at radius 3 is 2.92 bits per heavy atom. The number of carbonyl (C=O) groups is 1. The van der Waals surface area contributed by atoms with Crippen LogP contribution in [0.4, 0.5) is 0 Å². The van der Waals surface area contributed by atoms with E-state index in [9.17, 15) is 9.90 Å². The largest absolute Gasteiger partial charge is 0.508 e. The highest BCUT2D eigenvalue weighted by molar-refractivity contribution is 5.76. The fourth-order valence-corrected chi connectivity index (χ4v) is 1.51. The van der Waals surface area contributed by atoms with E-state index in [1.54, 1.807) is 12.1 Å². The number of fused-ring (bicyclic) bond motifs is 1. The first-order chi connectivity index (χ1) is 6.16. The molecule has 1 heterocycles. The van der Waals surface area contributed by atoms with Crippen molar-refractivity contribution in [3.05, 3.63) is 23.3 Å². The normalized spacial score (nSPS) is 15.0. The summed E-state index contributed by atoms with van der Waals surface area (Å²) in [7, 11) is 0. The molecule has 68 valence electrons. The van der Waals surface area contributed by atoms with Crippen LogP contribution in [0.25, 0.3) is 0 Å². The van der Waals surface area contributed by atoms with Crippen molar-refractivity contribution in [2.24, 2.45) is 0 Å². The van der Waals surface area contributed by atoms with Crippen LogP contribution in [-0.2, 0) is 11.2 Å². The molecule has 0 aliphatic carbocycles. The Labute approximate surface area is 76.0 Å². The van der Waals surface area contributed by atoms with E-state index in [4.69, 9.17) is 4.74 Å². The van der Waals surface area contributed by atoms with Gasteiger partial charge in [0.1, 0.15) is 11.5 Å². The minimum atomic E-state index is -0.225. The molecule has 0 aromatic heterocycles. The molecule has 2 rings (SSSR count). The fraction of sp³-hybridized carbons (Fsp3) is 0.300. The summed E-state index contributed by atoms with van der Waals surface area (Å²) < 4.78 is 4.99. The molecule has 13 heavy (non-hydrogen) atoms. The van der Waals surface area contributed by atoms with Crippen molar-refractivity contribution in [1.82, 2.24) is 0 Å². The summed E-state index contributed by atoms with van der Waals surface area (Å²) in [6, 6.07) is 3.45. The van der Waals surface area contributed by atoms with E-state index in [0.717, 1.165) is 11.1 Å². The third-order valence-electron chi connectivity index (χ3n) is 2.13. The van der Waals surface area contributed by atoms with Gasteiger partial charge in [-0.05, 0) is 31.0 Å². The van der Waals surface area contributed by atoms with Crippen molar-refractivity contribution < 1.29 is 14.6 Å². The van der Waals surface area contributed by atoms with E-state index in [1.807, 2.05) is 6.92 Å². The van der Waals surface area contributed by atoms with Crippen LogP contribution in [0, 0.1) is 6.92 Å². The van der Waals surface area contributed by atoms with Crippen LogP contribution in [0.5, 0.6) is 11.5 Å². The van der Waals surface area contributed by atoms with Gasteiger partial charge in [0.2, 0.25) is 0 Å². The maximum absolute atomic E-state index is 10.9. The zero-order valence-electron chi connectivity index (χ0n) is 7.33. The zero-order valence-corrected chi connectivity index (χ0v) is 7.33. The van der Waals surface area contributed by atoms with Gasteiger partial charge in [-0.25, -0.2) is 0 Å². The van der Waals surface area contributed by atoms with Gasteiger partial charge in [0.15, 0.2) is 0 Å². The molecule has 0 spiro atoms. The summed E-state index contributed by atoms with van der Waals surface area (Å²) in [5.74, 6) is 0.508. The predicted molar refractivity (Wildman–Crippen MR) is 46.8 cm³/mol. The standard InChI is InChI=1S/C10H10O3/c1-6-4-8(11)7-2-3-10(12)13-9(7)5-6/h4-5,11H,2-3H2,1H3. The number of esters is 1. The molecule has 1 aliphatic heterocycles. The van der Waals surface area contributed by atoms with E-state index in [2.05, 4.69) is 0 Å². The Bertz CT molecular complexity index is 369. The maximum atomic E-state index is 10.9. The molecule has 3 heteroatoms. The van der Waals surface area contributed by atoms with Crippen molar-refractivity contribution in [2.75, 3.05) is 0 Å². The number of benzene rings is 1. The monoisotopic (exact) mass is 178 g/mol. The molecule has 3 nitrogen and oxygen atoms in total. The number of hydrogen-bond donors (Lipinski definition) is 1. The second kappa shape index (κ2) is 2.76. The summed E-state index contributed by atoms with van der Waals surface area (Å²) in [6.45, 7) is 1.85. The number of rotatable bonds is 0. The van der Waals surface area contributed by atoms with Gasteiger partial charge in [-0.15, -0.1) is 0 Å². The van der Waals surface area contributed by atoms with Crippen LogP contribution < -0.4 is 4.74 Å². The van der Waals surface area contributed by atoms with Gasteiger partial charge < -0.3 is 9.84 Å². The van der Waals surface area contributed by atoms with Gasteiger partial charge in [0, 0.05) is 5.56 Å². The molecule has 0 unspecified atom stereocenters. The summed E-state index contributed by atoms with van der Waals surface area (Å²) in [4.78, 5) is 10.9. The molecule has 1 aromatic carbocycles. The summed E-state index contributed by atoms with van der Waals surface area (Å²) in [6.07, 6.45) is 0.921.